The number of hydrogen-bond acceptors (Lipinski definition) is 9. The first-order chi connectivity index (χ1) is 20.4. The van der Waals surface area contributed by atoms with Crippen LogP contribution in [-0.2, 0) is 14.8 Å². The van der Waals surface area contributed by atoms with Crippen LogP contribution >= 0.6 is 0 Å². The molecular formula is C28H27F2N7O5S. The van der Waals surface area contributed by atoms with Crippen molar-refractivity contribution >= 4 is 32.8 Å². The third-order valence-corrected chi connectivity index (χ3v) is 8.60. The van der Waals surface area contributed by atoms with Crippen molar-refractivity contribution in [2.24, 2.45) is 0 Å². The van der Waals surface area contributed by atoms with Gasteiger partial charge in [-0.25, -0.2) is 41.3 Å². The minimum atomic E-state index is -4.23. The van der Waals surface area contributed by atoms with E-state index in [2.05, 4.69) is 26.3 Å². The summed E-state index contributed by atoms with van der Waals surface area (Å²) in [6, 6.07) is 5.50. The first kappa shape index (κ1) is 29.7. The normalized spacial score (nSPS) is 15.6. The average molecular weight is 612 g/mol. The molecule has 0 unspecified atom stereocenters. The molecule has 1 aliphatic rings. The molecule has 4 heterocycles. The third kappa shape index (κ3) is 5.10. The van der Waals surface area contributed by atoms with Crippen LogP contribution in [0.5, 0.6) is 5.75 Å². The third-order valence-electron chi connectivity index (χ3n) is 7.25. The van der Waals surface area contributed by atoms with Crippen molar-refractivity contribution in [1.82, 2.24) is 29.1 Å². The van der Waals surface area contributed by atoms with Crippen molar-refractivity contribution < 1.29 is 27.1 Å². The molecule has 1 saturated heterocycles. The number of carbonyl (C=O) groups is 1. The number of aryl methyl sites for hydroxylation is 1. The van der Waals surface area contributed by atoms with E-state index >= 15 is 4.39 Å². The van der Waals surface area contributed by atoms with Crippen molar-refractivity contribution in [3.8, 4) is 22.7 Å². The lowest BCUT2D eigenvalue weighted by atomic mass is 10.1. The van der Waals surface area contributed by atoms with Crippen LogP contribution in [0, 0.1) is 18.6 Å². The molecular weight excluding hydrogens is 584 g/mol. The minimum Gasteiger partial charge on any atom is -0.507 e. The summed E-state index contributed by atoms with van der Waals surface area (Å²) in [5, 5.41) is 9.91. The quantitative estimate of drug-likeness (QED) is 0.313. The predicted octanol–water partition coefficient (Wildman–Crippen LogP) is 2.27. The second-order valence-electron chi connectivity index (χ2n) is 9.90. The highest BCUT2D eigenvalue weighted by Crippen LogP contribution is 2.36. The second-order valence-corrected chi connectivity index (χ2v) is 11.7. The smallest absolute Gasteiger partial charge is 0.355 e. The molecule has 1 atom stereocenters. The number of halogens is 2. The van der Waals surface area contributed by atoms with Gasteiger partial charge in [0.1, 0.15) is 23.1 Å². The van der Waals surface area contributed by atoms with Gasteiger partial charge in [0.25, 0.3) is 10.0 Å². The highest BCUT2D eigenvalue weighted by atomic mass is 32.2. The Balaban J connectivity index is 1.87. The molecule has 1 amide bonds. The second kappa shape index (κ2) is 11.1. The molecule has 5 rings (SSSR count). The molecule has 15 heteroatoms. The van der Waals surface area contributed by atoms with Crippen LogP contribution in [0.2, 0.25) is 0 Å². The Hall–Kier alpha value is -4.76. The highest BCUT2D eigenvalue weighted by Gasteiger charge is 2.32. The van der Waals surface area contributed by atoms with Crippen LogP contribution in [-0.4, -0.2) is 76.6 Å². The maximum Gasteiger partial charge on any atom is 0.355 e. The van der Waals surface area contributed by atoms with Crippen molar-refractivity contribution in [3.05, 3.63) is 76.9 Å². The fraction of sp³-hybridized carbons (Fsp3) is 0.250. The monoisotopic (exact) mass is 611 g/mol. The summed E-state index contributed by atoms with van der Waals surface area (Å²) < 4.78 is 59.7. The number of hydrogen-bond donors (Lipinski definition) is 2. The Bertz CT molecular complexity index is 1950. The van der Waals surface area contributed by atoms with Crippen LogP contribution in [0.4, 0.5) is 14.6 Å². The number of rotatable bonds is 6. The fourth-order valence-corrected chi connectivity index (χ4v) is 6.04. The maximum atomic E-state index is 15.8. The van der Waals surface area contributed by atoms with Crippen LogP contribution in [0.15, 0.2) is 59.0 Å². The number of carbonyl (C=O) groups excluding carboxylic acids is 1. The van der Waals surface area contributed by atoms with Gasteiger partial charge in [0.05, 0.1) is 16.6 Å². The van der Waals surface area contributed by atoms with E-state index in [4.69, 9.17) is 0 Å². The molecule has 0 bridgehead atoms. The summed E-state index contributed by atoms with van der Waals surface area (Å²) in [6.07, 6.45) is 2.45. The van der Waals surface area contributed by atoms with Gasteiger partial charge >= 0.3 is 5.69 Å². The van der Waals surface area contributed by atoms with Crippen LogP contribution in [0.25, 0.3) is 28.0 Å². The molecule has 0 aliphatic carbocycles. The zero-order valence-electron chi connectivity index (χ0n) is 23.4. The summed E-state index contributed by atoms with van der Waals surface area (Å²) >= 11 is 0. The number of amides is 1. The lowest BCUT2D eigenvalue weighted by Crippen LogP contribution is -2.54. The molecule has 0 saturated carbocycles. The van der Waals surface area contributed by atoms with E-state index in [1.807, 2.05) is 0 Å². The zero-order valence-corrected chi connectivity index (χ0v) is 24.2. The van der Waals surface area contributed by atoms with Gasteiger partial charge in [0, 0.05) is 31.9 Å². The minimum absolute atomic E-state index is 0.00286. The first-order valence-corrected chi connectivity index (χ1v) is 14.6. The summed E-state index contributed by atoms with van der Waals surface area (Å²) in [7, 11) is -3.05. The van der Waals surface area contributed by atoms with Crippen LogP contribution < -0.4 is 15.3 Å². The van der Waals surface area contributed by atoms with Gasteiger partial charge in [0.15, 0.2) is 16.5 Å². The summed E-state index contributed by atoms with van der Waals surface area (Å²) in [6.45, 7) is 7.57. The van der Waals surface area contributed by atoms with Crippen LogP contribution in [0.3, 0.4) is 0 Å². The first-order valence-electron chi connectivity index (χ1n) is 13.1. The molecule has 1 aliphatic heterocycles. The number of phenolic OH excluding ortho intramolecular Hbond substituents is 1. The SMILES string of the molecule is C=CC(=O)N1CCN(c2nc(=O)n(-c3c(C)ccnc3S(=O)(=O)NC)c3nc(-c4c(O)cccc4F)c(F)cc23)[C@@H](C)C1. The van der Waals surface area contributed by atoms with E-state index in [1.165, 1.54) is 31.5 Å². The number of aromatic hydroxyl groups is 1. The van der Waals surface area contributed by atoms with E-state index in [0.717, 1.165) is 22.8 Å². The number of phenols is 1. The van der Waals surface area contributed by atoms with E-state index in [0.29, 0.717) is 5.56 Å². The largest absolute Gasteiger partial charge is 0.507 e. The van der Waals surface area contributed by atoms with Gasteiger partial charge in [-0.2, -0.15) is 4.98 Å². The van der Waals surface area contributed by atoms with Gasteiger partial charge in [-0.1, -0.05) is 12.6 Å². The summed E-state index contributed by atoms with van der Waals surface area (Å²) in [5.41, 5.74) is -2.27. The maximum absolute atomic E-state index is 15.8. The molecule has 43 heavy (non-hydrogen) atoms. The standard InChI is InChI=1S/C28H27F2N7O5S/c1-5-21(39)35-11-12-36(16(3)14-35)25-17-13-19(30)23(22-18(29)7-6-8-20(22)38)33-26(17)37(28(40)34-25)24-15(2)9-10-32-27(24)43(41,42)31-4/h5-10,13,16,31,38H,1,11-12,14H2,2-4H3/t16-/m0/s1. The molecule has 1 aromatic carbocycles. The van der Waals surface area contributed by atoms with Gasteiger partial charge in [0.2, 0.25) is 5.91 Å². The Labute approximate surface area is 245 Å². The lowest BCUT2D eigenvalue weighted by Gasteiger charge is -2.40. The molecule has 0 spiro atoms. The van der Waals surface area contributed by atoms with Gasteiger partial charge in [-0.15, -0.1) is 0 Å². The topological polar surface area (TPSA) is 151 Å². The van der Waals surface area contributed by atoms with Gasteiger partial charge < -0.3 is 14.9 Å². The van der Waals surface area contributed by atoms with E-state index in [-0.39, 0.29) is 54.1 Å². The number of anilines is 1. The van der Waals surface area contributed by atoms with E-state index in [1.54, 1.807) is 23.6 Å². The number of sulfonamides is 1. The molecule has 1 fully saturated rings. The number of aromatic nitrogens is 4. The van der Waals surface area contributed by atoms with Gasteiger partial charge in [-0.3, -0.25) is 4.79 Å². The summed E-state index contributed by atoms with van der Waals surface area (Å²) in [5.74, 6) is -2.83. The van der Waals surface area contributed by atoms with Crippen molar-refractivity contribution in [1.29, 1.82) is 0 Å². The van der Waals surface area contributed by atoms with Gasteiger partial charge in [-0.05, 0) is 56.8 Å². The Morgan fingerprint density at radius 3 is 2.58 bits per heavy atom. The molecule has 12 nitrogen and oxygen atoms in total. The highest BCUT2D eigenvalue weighted by molar-refractivity contribution is 7.89. The number of fused-ring (bicyclic) bond motifs is 1. The Morgan fingerprint density at radius 1 is 1.19 bits per heavy atom. The fourth-order valence-electron chi connectivity index (χ4n) is 5.14. The average Bonchev–Trinajstić information content (AvgIpc) is 2.97. The summed E-state index contributed by atoms with van der Waals surface area (Å²) in [4.78, 5) is 41.9. The number of nitrogens with zero attached hydrogens (tertiary/aromatic N) is 6. The van der Waals surface area contributed by atoms with Crippen LogP contribution in [0.1, 0.15) is 12.5 Å². The molecule has 0 radical (unpaired) electrons. The van der Waals surface area contributed by atoms with Crippen molar-refractivity contribution in [2.45, 2.75) is 24.9 Å². The Morgan fingerprint density at radius 2 is 1.93 bits per heavy atom. The molecule has 224 valence electrons. The number of piperazine rings is 1. The Kier molecular flexibility index (Phi) is 7.70. The number of nitrogens with one attached hydrogen (secondary N) is 1. The number of pyridine rings is 2. The lowest BCUT2D eigenvalue weighted by molar-refractivity contribution is -0.126. The molecule has 3 aromatic heterocycles. The molecule has 2 N–H and O–H groups in total. The van der Waals surface area contributed by atoms with E-state index < -0.39 is 49.4 Å². The van der Waals surface area contributed by atoms with Crippen molar-refractivity contribution in [3.63, 3.8) is 0 Å². The van der Waals surface area contributed by atoms with E-state index in [9.17, 15) is 27.5 Å². The predicted molar refractivity (Wildman–Crippen MR) is 155 cm³/mol. The zero-order chi connectivity index (χ0) is 31.2. The number of benzene rings is 1. The molecule has 4 aromatic rings. The van der Waals surface area contributed by atoms with Crippen molar-refractivity contribution in [2.75, 3.05) is 31.6 Å².